The quantitative estimate of drug-likeness (QED) is 0.788. The molecule has 2 aliphatic rings. The van der Waals surface area contributed by atoms with Gasteiger partial charge >= 0.3 is 6.18 Å². The molecule has 0 spiro atoms. The molecule has 0 aliphatic carbocycles. The van der Waals surface area contributed by atoms with Gasteiger partial charge in [0.1, 0.15) is 0 Å². The maximum atomic E-state index is 12.4. The molecule has 0 saturated carbocycles. The number of methoxy groups -OCH3 is 1. The molecule has 0 amide bonds. The van der Waals surface area contributed by atoms with Crippen LogP contribution >= 0.6 is 0 Å². The average Bonchev–Trinajstić information content (AvgIpc) is 2.59. The van der Waals surface area contributed by atoms with Crippen LogP contribution in [0.3, 0.4) is 0 Å². The van der Waals surface area contributed by atoms with Crippen LogP contribution in [0.1, 0.15) is 50.8 Å². The van der Waals surface area contributed by atoms with Crippen LogP contribution in [0.4, 0.5) is 13.2 Å². The van der Waals surface area contributed by atoms with Crippen molar-refractivity contribution in [1.29, 1.82) is 0 Å². The van der Waals surface area contributed by atoms with Crippen molar-refractivity contribution in [1.82, 2.24) is 4.90 Å². The number of fused-ring (bicyclic) bond motifs is 3. The molecule has 1 aromatic rings. The number of aliphatic hydroxyl groups excluding tert-OH is 1. The Hall–Kier alpha value is -1.51. The molecule has 0 unspecified atom stereocenters. The lowest BCUT2D eigenvalue weighted by Gasteiger charge is -2.46. The monoisotopic (exact) mass is 417 g/mol. The number of nitrogens with zero attached hydrogens (tertiary/aromatic N) is 1. The second-order valence-electron chi connectivity index (χ2n) is 8.75. The molecule has 29 heavy (non-hydrogen) atoms. The summed E-state index contributed by atoms with van der Waals surface area (Å²) in [5, 5.41) is 10.7. The number of benzene rings is 1. The van der Waals surface area contributed by atoms with E-state index in [0.29, 0.717) is 24.5 Å². The Morgan fingerprint density at radius 1 is 1.17 bits per heavy atom. The number of ether oxygens (including phenoxy) is 3. The maximum absolute atomic E-state index is 12.4. The number of piperidine rings is 1. The van der Waals surface area contributed by atoms with Gasteiger partial charge in [-0.3, -0.25) is 4.90 Å². The van der Waals surface area contributed by atoms with E-state index < -0.39 is 25.3 Å². The van der Waals surface area contributed by atoms with Crippen molar-refractivity contribution in [2.45, 2.75) is 70.1 Å². The third kappa shape index (κ3) is 5.55. The molecular formula is C21H30F3NO4. The van der Waals surface area contributed by atoms with Gasteiger partial charge in [-0.15, -0.1) is 0 Å². The van der Waals surface area contributed by atoms with Crippen molar-refractivity contribution in [2.75, 3.05) is 26.8 Å². The van der Waals surface area contributed by atoms with Crippen molar-refractivity contribution in [3.8, 4) is 11.5 Å². The molecule has 5 nitrogen and oxygen atoms in total. The molecule has 2 aliphatic heterocycles. The van der Waals surface area contributed by atoms with E-state index in [9.17, 15) is 18.3 Å². The normalized spacial score (nSPS) is 25.3. The fourth-order valence-electron chi connectivity index (χ4n) is 4.11. The third-order valence-corrected chi connectivity index (χ3v) is 5.35. The Morgan fingerprint density at radius 2 is 1.90 bits per heavy atom. The summed E-state index contributed by atoms with van der Waals surface area (Å²) in [4.78, 5) is 2.30. The second kappa shape index (κ2) is 8.32. The summed E-state index contributed by atoms with van der Waals surface area (Å²) in [5.74, 6) is 0.740. The van der Waals surface area contributed by atoms with E-state index >= 15 is 0 Å². The van der Waals surface area contributed by atoms with E-state index in [2.05, 4.69) is 4.90 Å². The largest absolute Gasteiger partial charge is 0.493 e. The summed E-state index contributed by atoms with van der Waals surface area (Å²) in [7, 11) is 1.47. The van der Waals surface area contributed by atoms with Crippen LogP contribution in [0.2, 0.25) is 0 Å². The Morgan fingerprint density at radius 3 is 2.52 bits per heavy atom. The van der Waals surface area contributed by atoms with Gasteiger partial charge in [-0.1, -0.05) is 0 Å². The molecule has 1 N–H and O–H groups in total. The number of hydrogen-bond donors (Lipinski definition) is 1. The molecule has 164 valence electrons. The van der Waals surface area contributed by atoms with Gasteiger partial charge in [-0.2, -0.15) is 13.2 Å². The lowest BCUT2D eigenvalue weighted by Crippen LogP contribution is -2.53. The summed E-state index contributed by atoms with van der Waals surface area (Å²) in [6.45, 7) is 6.91. The number of alkyl halides is 3. The first-order valence-corrected chi connectivity index (χ1v) is 9.97. The fourth-order valence-corrected chi connectivity index (χ4v) is 4.11. The Labute approximate surface area is 169 Å². The van der Waals surface area contributed by atoms with Crippen LogP contribution in [0, 0.1) is 0 Å². The van der Waals surface area contributed by atoms with Gasteiger partial charge in [-0.05, 0) is 56.9 Å². The third-order valence-electron chi connectivity index (χ3n) is 5.35. The molecule has 3 rings (SSSR count). The first kappa shape index (κ1) is 22.2. The highest BCUT2D eigenvalue weighted by Crippen LogP contribution is 2.42. The molecule has 1 saturated heterocycles. The highest BCUT2D eigenvalue weighted by Gasteiger charge is 2.40. The van der Waals surface area contributed by atoms with Gasteiger partial charge < -0.3 is 19.3 Å². The maximum Gasteiger partial charge on any atom is 0.392 e. The summed E-state index contributed by atoms with van der Waals surface area (Å²) in [6, 6.07) is 3.64. The Kier molecular flexibility index (Phi) is 6.36. The smallest absolute Gasteiger partial charge is 0.392 e. The van der Waals surface area contributed by atoms with Gasteiger partial charge in [0.25, 0.3) is 0 Å². The topological polar surface area (TPSA) is 51.2 Å². The van der Waals surface area contributed by atoms with Gasteiger partial charge in [0.05, 0.1) is 37.9 Å². The molecular weight excluding hydrogens is 387 g/mol. The Balaban J connectivity index is 1.77. The van der Waals surface area contributed by atoms with Crippen LogP contribution in [-0.2, 0) is 11.2 Å². The van der Waals surface area contributed by atoms with E-state index in [1.165, 1.54) is 7.11 Å². The zero-order valence-electron chi connectivity index (χ0n) is 17.4. The standard InChI is InChI=1S/C21H30F3NO4/c1-20(2,3)29-19-12-25-7-5-13-9-18(28-8-6-21(22,23)24)17(27-4)10-14(13)15(25)11-16(19)26/h9-10,15-16,19,26H,5-8,11-12H2,1-4H3/t15-,16-,19-/m1/s1. The number of aliphatic hydroxyl groups is 1. The van der Waals surface area contributed by atoms with Gasteiger partial charge in [-0.25, -0.2) is 0 Å². The first-order valence-electron chi connectivity index (χ1n) is 9.97. The molecule has 0 aromatic heterocycles. The average molecular weight is 417 g/mol. The van der Waals surface area contributed by atoms with Gasteiger partial charge in [0, 0.05) is 19.1 Å². The Bertz CT molecular complexity index is 717. The van der Waals surface area contributed by atoms with Crippen molar-refractivity contribution in [3.63, 3.8) is 0 Å². The highest BCUT2D eigenvalue weighted by atomic mass is 19.4. The SMILES string of the molecule is COc1cc2c(cc1OCCC(F)(F)F)CCN1C[C@@H](OC(C)(C)C)[C@H](O)C[C@H]21. The summed E-state index contributed by atoms with van der Waals surface area (Å²) < 4.78 is 54.0. The number of halogens is 3. The minimum Gasteiger partial charge on any atom is -0.493 e. The van der Waals surface area contributed by atoms with Crippen molar-refractivity contribution >= 4 is 0 Å². The van der Waals surface area contributed by atoms with Crippen LogP contribution in [-0.4, -0.2) is 60.8 Å². The number of rotatable bonds is 5. The van der Waals surface area contributed by atoms with Crippen LogP contribution in [0.15, 0.2) is 12.1 Å². The van der Waals surface area contributed by atoms with E-state index in [4.69, 9.17) is 14.2 Å². The summed E-state index contributed by atoms with van der Waals surface area (Å²) in [6.07, 6.45) is -4.82. The molecule has 1 aromatic carbocycles. The predicted molar refractivity (Wildman–Crippen MR) is 102 cm³/mol. The molecule has 0 bridgehead atoms. The zero-order valence-corrected chi connectivity index (χ0v) is 17.4. The van der Waals surface area contributed by atoms with Crippen molar-refractivity contribution < 1.29 is 32.5 Å². The van der Waals surface area contributed by atoms with Gasteiger partial charge in [0.15, 0.2) is 11.5 Å². The summed E-state index contributed by atoms with van der Waals surface area (Å²) >= 11 is 0. The zero-order chi connectivity index (χ0) is 21.4. The van der Waals surface area contributed by atoms with Crippen LogP contribution in [0.25, 0.3) is 0 Å². The van der Waals surface area contributed by atoms with E-state index in [0.717, 1.165) is 24.1 Å². The van der Waals surface area contributed by atoms with E-state index in [1.807, 2.05) is 26.8 Å². The minimum absolute atomic E-state index is 0.0201. The van der Waals surface area contributed by atoms with Crippen LogP contribution < -0.4 is 9.47 Å². The molecule has 2 heterocycles. The first-order chi connectivity index (χ1) is 13.5. The lowest BCUT2D eigenvalue weighted by atomic mass is 9.84. The molecule has 3 atom stereocenters. The highest BCUT2D eigenvalue weighted by molar-refractivity contribution is 5.49. The van der Waals surface area contributed by atoms with Crippen molar-refractivity contribution in [3.05, 3.63) is 23.3 Å². The van der Waals surface area contributed by atoms with Crippen molar-refractivity contribution in [2.24, 2.45) is 0 Å². The van der Waals surface area contributed by atoms with E-state index in [1.54, 1.807) is 6.07 Å². The predicted octanol–water partition coefficient (Wildman–Crippen LogP) is 3.87. The molecule has 8 heteroatoms. The number of hydrogen-bond acceptors (Lipinski definition) is 5. The second-order valence-corrected chi connectivity index (χ2v) is 8.75. The minimum atomic E-state index is -4.26. The summed E-state index contributed by atoms with van der Waals surface area (Å²) in [5.41, 5.74) is 1.72. The van der Waals surface area contributed by atoms with Crippen LogP contribution in [0.5, 0.6) is 11.5 Å². The van der Waals surface area contributed by atoms with Gasteiger partial charge in [0.2, 0.25) is 0 Å². The lowest BCUT2D eigenvalue weighted by molar-refractivity contribution is -0.149. The molecule has 0 radical (unpaired) electrons. The fraction of sp³-hybridized carbons (Fsp3) is 0.714. The van der Waals surface area contributed by atoms with E-state index in [-0.39, 0.29) is 17.7 Å². The molecule has 1 fully saturated rings.